The molecule has 0 aliphatic heterocycles. The zero-order valence-electron chi connectivity index (χ0n) is 16.3. The highest BCUT2D eigenvalue weighted by Crippen LogP contribution is 2.57. The van der Waals surface area contributed by atoms with E-state index in [2.05, 4.69) is 128 Å². The molecule has 1 atom stereocenters. The summed E-state index contributed by atoms with van der Waals surface area (Å²) in [4.78, 5) is 0. The fraction of sp³-hybridized carbons (Fsp3) is 0.0385. The smallest absolute Gasteiger partial charge is 0.0197 e. The zero-order chi connectivity index (χ0) is 20.1. The molecule has 0 aliphatic carbocycles. The first-order valence-electron chi connectivity index (χ1n) is 9.63. The number of rotatable bonds is 5. The van der Waals surface area contributed by atoms with Gasteiger partial charge in [0.2, 0.25) is 0 Å². The van der Waals surface area contributed by atoms with E-state index < -0.39 is 14.2 Å². The molecular formula is C26H23ClP2. The molecule has 0 bridgehead atoms. The third-order valence-electron chi connectivity index (χ3n) is 5.07. The van der Waals surface area contributed by atoms with E-state index in [-0.39, 0.29) is 0 Å². The minimum Gasteiger partial charge on any atom is -0.0914 e. The minimum atomic E-state index is -2.13. The average molecular weight is 433 g/mol. The van der Waals surface area contributed by atoms with Crippen molar-refractivity contribution in [2.75, 3.05) is 6.66 Å². The van der Waals surface area contributed by atoms with Crippen molar-refractivity contribution in [3.05, 3.63) is 127 Å². The van der Waals surface area contributed by atoms with E-state index in [0.29, 0.717) is 0 Å². The van der Waals surface area contributed by atoms with Crippen LogP contribution in [0.5, 0.6) is 0 Å². The predicted octanol–water partition coefficient (Wildman–Crippen LogP) is 6.42. The van der Waals surface area contributed by atoms with E-state index >= 15 is 0 Å². The quantitative estimate of drug-likeness (QED) is 0.319. The van der Waals surface area contributed by atoms with Crippen molar-refractivity contribution in [1.29, 1.82) is 0 Å². The minimum absolute atomic E-state index is 0.861. The molecule has 0 aliphatic rings. The highest BCUT2D eigenvalue weighted by molar-refractivity contribution is 8.14. The van der Waals surface area contributed by atoms with Crippen LogP contribution in [0.2, 0.25) is 0 Å². The molecule has 4 rings (SSSR count). The molecule has 0 nitrogen and oxygen atoms in total. The van der Waals surface area contributed by atoms with Crippen molar-refractivity contribution in [3.8, 4) is 0 Å². The van der Waals surface area contributed by atoms with Gasteiger partial charge in [-0.15, -0.1) is 0 Å². The van der Waals surface area contributed by atoms with E-state index in [1.54, 1.807) is 0 Å². The molecule has 0 spiro atoms. The maximum atomic E-state index is 7.07. The number of benzene rings is 4. The fourth-order valence-corrected chi connectivity index (χ4v) is 12.5. The molecule has 3 heteroatoms. The third-order valence-corrected chi connectivity index (χ3v) is 12.7. The van der Waals surface area contributed by atoms with Crippen molar-refractivity contribution in [3.63, 3.8) is 0 Å². The van der Waals surface area contributed by atoms with Crippen LogP contribution in [0, 0.1) is 0 Å². The molecule has 0 fully saturated rings. The molecule has 0 amide bonds. The van der Waals surface area contributed by atoms with Gasteiger partial charge in [-0.3, -0.25) is 0 Å². The second-order valence-corrected chi connectivity index (χ2v) is 13.5. The van der Waals surface area contributed by atoms with Crippen LogP contribution in [-0.4, -0.2) is 11.7 Å². The maximum absolute atomic E-state index is 7.07. The van der Waals surface area contributed by atoms with Gasteiger partial charge in [-0.25, -0.2) is 0 Å². The lowest BCUT2D eigenvalue weighted by atomic mass is 10.2. The second kappa shape index (κ2) is 9.15. The van der Waals surface area contributed by atoms with Crippen LogP contribution in [0.3, 0.4) is 0 Å². The molecule has 0 aromatic heterocycles. The van der Waals surface area contributed by atoms with Crippen molar-refractivity contribution in [2.24, 2.45) is 0 Å². The molecule has 0 heterocycles. The summed E-state index contributed by atoms with van der Waals surface area (Å²) in [7, 11) is -0.861. The molecule has 0 saturated heterocycles. The van der Waals surface area contributed by atoms with Crippen molar-refractivity contribution in [1.82, 2.24) is 0 Å². The normalized spacial score (nSPS) is 12.3. The summed E-state index contributed by atoms with van der Waals surface area (Å²) in [6.45, 7) is 0.0415. The van der Waals surface area contributed by atoms with Gasteiger partial charge in [0.05, 0.1) is 0 Å². The van der Waals surface area contributed by atoms with E-state index in [9.17, 15) is 0 Å². The topological polar surface area (TPSA) is 0 Å². The summed E-state index contributed by atoms with van der Waals surface area (Å²) in [6, 6.07) is 43.5. The Morgan fingerprint density at radius 1 is 0.552 bits per heavy atom. The number of halogens is 1. The van der Waals surface area contributed by atoms with Crippen LogP contribution in [0.15, 0.2) is 121 Å². The van der Waals surface area contributed by atoms with E-state index in [1.165, 1.54) is 26.5 Å². The predicted molar refractivity (Wildman–Crippen MR) is 134 cm³/mol. The van der Waals surface area contributed by atoms with Gasteiger partial charge in [0, 0.05) is 12.3 Å². The van der Waals surface area contributed by atoms with E-state index in [4.69, 9.17) is 11.2 Å². The molecule has 0 radical (unpaired) electrons. The van der Waals surface area contributed by atoms with Gasteiger partial charge in [-0.1, -0.05) is 133 Å². The Bertz CT molecular complexity index is 1000. The summed E-state index contributed by atoms with van der Waals surface area (Å²) in [6.07, 6.45) is 0. The summed E-state index contributed by atoms with van der Waals surface area (Å²) in [5, 5.41) is 5.38. The fourth-order valence-electron chi connectivity index (χ4n) is 3.93. The lowest BCUT2D eigenvalue weighted by Gasteiger charge is -2.34. The summed E-state index contributed by atoms with van der Waals surface area (Å²) in [5.74, 6) is 0. The van der Waals surface area contributed by atoms with Crippen LogP contribution in [-0.2, 0) is 0 Å². The Morgan fingerprint density at radius 3 is 1.17 bits per heavy atom. The lowest BCUT2D eigenvalue weighted by molar-refractivity contribution is 1.68. The Labute approximate surface area is 179 Å². The van der Waals surface area contributed by atoms with Gasteiger partial charge in [0.25, 0.3) is 0 Å². The summed E-state index contributed by atoms with van der Waals surface area (Å²) in [5.41, 5.74) is 1.24. The molecule has 4 aromatic carbocycles. The highest BCUT2D eigenvalue weighted by atomic mass is 35.7. The summed E-state index contributed by atoms with van der Waals surface area (Å²) >= 11 is 7.07. The number of hydrogen-bond acceptors (Lipinski definition) is 0. The molecule has 1 unspecified atom stereocenters. The zero-order valence-corrected chi connectivity index (χ0v) is 18.9. The molecular weight excluding hydrogens is 410 g/mol. The Balaban J connectivity index is 2.29. The Kier molecular flexibility index (Phi) is 6.37. The lowest BCUT2D eigenvalue weighted by Crippen LogP contribution is -2.30. The van der Waals surface area contributed by atoms with Gasteiger partial charge in [-0.05, 0) is 35.0 Å². The van der Waals surface area contributed by atoms with Crippen molar-refractivity contribution < 1.29 is 0 Å². The first-order valence-corrected chi connectivity index (χ1v) is 14.1. The average Bonchev–Trinajstić information content (AvgIpc) is 2.79. The first-order chi connectivity index (χ1) is 14.2. The Morgan fingerprint density at radius 2 is 0.862 bits per heavy atom. The number of hydrogen-bond donors (Lipinski definition) is 0. The van der Waals surface area contributed by atoms with Crippen LogP contribution in [0.25, 0.3) is 0 Å². The van der Waals surface area contributed by atoms with Crippen LogP contribution >= 0.6 is 25.4 Å². The second-order valence-electron chi connectivity index (χ2n) is 6.84. The summed E-state index contributed by atoms with van der Waals surface area (Å²) < 4.78 is 0. The SMILES string of the molecule is CP(Cl)C(c1ccccc1)=P(c1ccccc1)(c1ccccc1)c1ccccc1. The van der Waals surface area contributed by atoms with Gasteiger partial charge in [0.1, 0.15) is 0 Å². The van der Waals surface area contributed by atoms with Crippen molar-refractivity contribution >= 4 is 46.3 Å². The van der Waals surface area contributed by atoms with Gasteiger partial charge >= 0.3 is 0 Å². The third kappa shape index (κ3) is 3.86. The van der Waals surface area contributed by atoms with Crippen LogP contribution < -0.4 is 15.9 Å². The van der Waals surface area contributed by atoms with E-state index in [1.807, 2.05) is 0 Å². The van der Waals surface area contributed by atoms with Gasteiger partial charge < -0.3 is 0 Å². The van der Waals surface area contributed by atoms with Crippen LogP contribution in [0.4, 0.5) is 0 Å². The van der Waals surface area contributed by atoms with Crippen LogP contribution in [0.1, 0.15) is 5.56 Å². The highest BCUT2D eigenvalue weighted by Gasteiger charge is 2.32. The maximum Gasteiger partial charge on any atom is 0.0197 e. The molecule has 0 saturated carbocycles. The van der Waals surface area contributed by atoms with Gasteiger partial charge in [-0.2, -0.15) is 0 Å². The molecule has 0 N–H and O–H groups in total. The largest absolute Gasteiger partial charge is 0.0914 e. The Hall–Kier alpha value is -2.10. The van der Waals surface area contributed by atoms with Gasteiger partial charge in [0.15, 0.2) is 0 Å². The standard InChI is InChI=1S/C26H23ClP2/c1-28(27)26(22-14-6-2-7-15-22)29(23-16-8-3-9-17-23,24-18-10-4-11-19-24)25-20-12-5-13-21-25/h2-21H,1H3. The van der Waals surface area contributed by atoms with Crippen molar-refractivity contribution in [2.45, 2.75) is 0 Å². The molecule has 29 heavy (non-hydrogen) atoms. The first kappa shape index (κ1) is 20.2. The molecule has 4 aromatic rings. The molecule has 144 valence electrons. The monoisotopic (exact) mass is 432 g/mol. The van der Waals surface area contributed by atoms with E-state index in [0.717, 1.165) is 0 Å².